The Morgan fingerprint density at radius 3 is 3.00 bits per heavy atom. The number of hydrogen-bond donors (Lipinski definition) is 3. The summed E-state index contributed by atoms with van der Waals surface area (Å²) in [6.45, 7) is 4.07. The van der Waals surface area contributed by atoms with E-state index in [1.807, 2.05) is 19.1 Å². The number of carbonyl (C=O) groups is 1. The van der Waals surface area contributed by atoms with E-state index in [4.69, 9.17) is 4.84 Å². The molecule has 6 nitrogen and oxygen atoms in total. The van der Waals surface area contributed by atoms with Gasteiger partial charge in [-0.25, -0.2) is 4.39 Å². The highest BCUT2D eigenvalue weighted by atomic mass is 19.1. The summed E-state index contributed by atoms with van der Waals surface area (Å²) < 4.78 is 14.5. The molecule has 0 radical (unpaired) electrons. The van der Waals surface area contributed by atoms with Gasteiger partial charge in [-0.15, -0.1) is 5.48 Å². The van der Waals surface area contributed by atoms with Crippen LogP contribution in [0.25, 0.3) is 0 Å². The number of rotatable bonds is 4. The van der Waals surface area contributed by atoms with Crippen LogP contribution in [0.1, 0.15) is 69.4 Å². The van der Waals surface area contributed by atoms with Crippen LogP contribution in [0.15, 0.2) is 35.2 Å². The molecule has 3 N–H and O–H groups in total. The van der Waals surface area contributed by atoms with Crippen molar-refractivity contribution >= 4 is 11.6 Å². The molecule has 1 aromatic carbocycles. The van der Waals surface area contributed by atoms with Gasteiger partial charge >= 0.3 is 0 Å². The number of allylic oxidation sites excluding steroid dienone is 1. The van der Waals surface area contributed by atoms with Crippen molar-refractivity contribution in [2.75, 3.05) is 0 Å². The molecule has 5 rings (SSSR count). The van der Waals surface area contributed by atoms with Crippen molar-refractivity contribution in [2.45, 2.75) is 70.9 Å². The second-order valence-electron chi connectivity index (χ2n) is 10.2. The number of halogens is 1. The summed E-state index contributed by atoms with van der Waals surface area (Å²) in [5.41, 5.74) is 5.56. The molecule has 0 saturated heterocycles. The van der Waals surface area contributed by atoms with Crippen molar-refractivity contribution in [2.24, 2.45) is 28.3 Å². The van der Waals surface area contributed by atoms with Crippen molar-refractivity contribution in [3.05, 3.63) is 47.0 Å². The molecule has 3 aliphatic carbocycles. The number of carbonyl (C=O) groups excluding carboxylic acids is 1. The molecule has 4 aliphatic rings. The molecule has 2 saturated carbocycles. The Hall–Kier alpha value is -2.41. The Morgan fingerprint density at radius 1 is 1.41 bits per heavy atom. The van der Waals surface area contributed by atoms with Gasteiger partial charge in [0.05, 0.1) is 5.71 Å². The lowest BCUT2D eigenvalue weighted by Gasteiger charge is -2.50. The van der Waals surface area contributed by atoms with Gasteiger partial charge in [0.15, 0.2) is 0 Å². The van der Waals surface area contributed by atoms with Gasteiger partial charge in [-0.05, 0) is 92.4 Å². The van der Waals surface area contributed by atoms with Crippen LogP contribution in [0.2, 0.25) is 0 Å². The molecule has 0 spiro atoms. The van der Waals surface area contributed by atoms with E-state index in [1.165, 1.54) is 5.56 Å². The van der Waals surface area contributed by atoms with E-state index in [0.29, 0.717) is 24.2 Å². The number of oxime groups is 1. The molecule has 32 heavy (non-hydrogen) atoms. The predicted molar refractivity (Wildman–Crippen MR) is 118 cm³/mol. The first-order chi connectivity index (χ1) is 15.4. The Bertz CT molecular complexity index is 977. The van der Waals surface area contributed by atoms with Crippen molar-refractivity contribution in [1.29, 1.82) is 0 Å². The van der Waals surface area contributed by atoms with Crippen molar-refractivity contribution in [3.63, 3.8) is 0 Å². The van der Waals surface area contributed by atoms with E-state index in [-0.39, 0.29) is 29.2 Å². The second kappa shape index (κ2) is 8.18. The molecule has 2 fully saturated rings. The largest absolute Gasteiger partial charge is 0.411 e. The first kappa shape index (κ1) is 21.4. The van der Waals surface area contributed by atoms with E-state index < -0.39 is 0 Å². The van der Waals surface area contributed by atoms with Gasteiger partial charge in [-0.3, -0.25) is 4.79 Å². The minimum absolute atomic E-state index is 0.0171. The van der Waals surface area contributed by atoms with E-state index in [2.05, 4.69) is 28.9 Å². The van der Waals surface area contributed by atoms with Gasteiger partial charge in [-0.2, -0.15) is 0 Å². The maximum absolute atomic E-state index is 14.5. The first-order valence-electron chi connectivity index (χ1n) is 11.8. The van der Waals surface area contributed by atoms with Gasteiger partial charge in [0.25, 0.3) is 0 Å². The number of amides is 1. The number of nitrogens with zero attached hydrogens (tertiary/aromatic N) is 1. The van der Waals surface area contributed by atoms with Crippen LogP contribution < -0.4 is 10.8 Å². The molecule has 172 valence electrons. The second-order valence-corrected chi connectivity index (χ2v) is 10.2. The lowest BCUT2D eigenvalue weighted by Crippen LogP contribution is -2.44. The van der Waals surface area contributed by atoms with Gasteiger partial charge in [0.2, 0.25) is 5.91 Å². The third kappa shape index (κ3) is 3.51. The Labute approximate surface area is 188 Å². The fourth-order valence-electron chi connectivity index (χ4n) is 7.17. The SMILES string of the molecule is CC1=CC(NC(=O)CC[C@@H]2C/C(=N\O)[C@@]3(C)CCC4c5cccc(F)c5CCC4C23)NO1. The summed E-state index contributed by atoms with van der Waals surface area (Å²) in [5, 5.41) is 16.5. The Morgan fingerprint density at radius 2 is 2.25 bits per heavy atom. The maximum Gasteiger partial charge on any atom is 0.221 e. The molecular weight excluding hydrogens is 409 g/mol. The average molecular weight is 442 g/mol. The molecular formula is C25H32FN3O3. The van der Waals surface area contributed by atoms with Gasteiger partial charge < -0.3 is 15.4 Å². The number of hydrogen-bond acceptors (Lipinski definition) is 5. The molecule has 0 bridgehead atoms. The average Bonchev–Trinajstić information content (AvgIpc) is 3.31. The highest BCUT2D eigenvalue weighted by molar-refractivity contribution is 5.92. The molecule has 1 heterocycles. The van der Waals surface area contributed by atoms with Crippen molar-refractivity contribution < 1.29 is 19.2 Å². The van der Waals surface area contributed by atoms with E-state index in [9.17, 15) is 14.4 Å². The number of benzene rings is 1. The summed E-state index contributed by atoms with van der Waals surface area (Å²) in [4.78, 5) is 17.8. The fourth-order valence-corrected chi connectivity index (χ4v) is 7.17. The summed E-state index contributed by atoms with van der Waals surface area (Å²) >= 11 is 0. The number of fused-ring (bicyclic) bond motifs is 5. The normalized spacial score (nSPS) is 36.7. The Balaban J connectivity index is 1.35. The van der Waals surface area contributed by atoms with Crippen LogP contribution in [-0.2, 0) is 16.1 Å². The lowest BCUT2D eigenvalue weighted by atomic mass is 9.54. The zero-order chi connectivity index (χ0) is 22.5. The topological polar surface area (TPSA) is 83.0 Å². The smallest absolute Gasteiger partial charge is 0.221 e. The lowest BCUT2D eigenvalue weighted by molar-refractivity contribution is -0.122. The highest BCUT2D eigenvalue weighted by Gasteiger charge is 2.57. The quantitative estimate of drug-likeness (QED) is 0.478. The van der Waals surface area contributed by atoms with Crippen molar-refractivity contribution in [3.8, 4) is 0 Å². The van der Waals surface area contributed by atoms with Crippen LogP contribution in [0.3, 0.4) is 0 Å². The third-order valence-corrected chi connectivity index (χ3v) is 8.52. The van der Waals surface area contributed by atoms with E-state index in [1.54, 1.807) is 6.07 Å². The number of hydroxylamine groups is 1. The van der Waals surface area contributed by atoms with Gasteiger partial charge in [-0.1, -0.05) is 24.2 Å². The maximum atomic E-state index is 14.5. The predicted octanol–water partition coefficient (Wildman–Crippen LogP) is 4.40. The monoisotopic (exact) mass is 441 g/mol. The molecule has 6 atom stereocenters. The zero-order valence-electron chi connectivity index (χ0n) is 18.7. The first-order valence-corrected chi connectivity index (χ1v) is 11.8. The van der Waals surface area contributed by atoms with Gasteiger partial charge in [0, 0.05) is 11.8 Å². The summed E-state index contributed by atoms with van der Waals surface area (Å²) in [5.74, 6) is 2.03. The number of nitrogens with one attached hydrogen (secondary N) is 2. The molecule has 4 unspecified atom stereocenters. The minimum atomic E-state index is -0.297. The summed E-state index contributed by atoms with van der Waals surface area (Å²) in [7, 11) is 0. The standard InChI is InChI=1S/C25H32FN3O3/c1-14-12-22(29-32-14)27-23(30)9-6-15-13-21(28-31)25(2)11-10-17-16-4-3-5-20(26)18(16)7-8-19(17)24(15)25/h3-5,12,15,17,19,22,24,29,31H,6-11,13H2,1-2H3,(H,27,30)/b28-21+/t15-,17?,19?,22?,24?,25-/m1/s1. The molecule has 1 aliphatic heterocycles. The molecule has 0 aromatic heterocycles. The summed E-state index contributed by atoms with van der Waals surface area (Å²) in [6.07, 6.45) is 7.07. The van der Waals surface area contributed by atoms with Gasteiger partial charge in [0.1, 0.15) is 17.7 Å². The minimum Gasteiger partial charge on any atom is -0.411 e. The third-order valence-electron chi connectivity index (χ3n) is 8.52. The van der Waals surface area contributed by atoms with Crippen LogP contribution in [0.4, 0.5) is 4.39 Å². The van der Waals surface area contributed by atoms with E-state index >= 15 is 0 Å². The van der Waals surface area contributed by atoms with Crippen molar-refractivity contribution in [1.82, 2.24) is 10.8 Å². The summed E-state index contributed by atoms with van der Waals surface area (Å²) in [6, 6.07) is 5.50. The van der Waals surface area contributed by atoms with Crippen LogP contribution in [0.5, 0.6) is 0 Å². The highest BCUT2D eigenvalue weighted by Crippen LogP contribution is 2.62. The Kier molecular flexibility index (Phi) is 5.48. The van der Waals surface area contributed by atoms with Crippen LogP contribution in [0, 0.1) is 29.0 Å². The van der Waals surface area contributed by atoms with Crippen LogP contribution in [-0.4, -0.2) is 23.0 Å². The molecule has 1 amide bonds. The fraction of sp³-hybridized carbons (Fsp3) is 0.600. The molecule has 7 heteroatoms. The zero-order valence-corrected chi connectivity index (χ0v) is 18.7. The van der Waals surface area contributed by atoms with Crippen LogP contribution >= 0.6 is 0 Å². The van der Waals surface area contributed by atoms with E-state index in [0.717, 1.165) is 55.6 Å². The molecule has 1 aromatic rings.